The van der Waals surface area contributed by atoms with Gasteiger partial charge >= 0.3 is 6.09 Å². The van der Waals surface area contributed by atoms with Gasteiger partial charge in [0, 0.05) is 36.3 Å². The molecule has 5 rings (SSSR count). The molecule has 2 aliphatic heterocycles. The summed E-state index contributed by atoms with van der Waals surface area (Å²) in [6.07, 6.45) is 3.67. The molecule has 35 heavy (non-hydrogen) atoms. The third kappa shape index (κ3) is 4.93. The molecule has 4 heteroatoms. The van der Waals surface area contributed by atoms with E-state index in [0.29, 0.717) is 18.4 Å². The first-order chi connectivity index (χ1) is 17.0. The number of amides is 1. The van der Waals surface area contributed by atoms with Crippen molar-refractivity contribution in [3.63, 3.8) is 0 Å². The largest absolute Gasteiger partial charge is 0.449 e. The number of hydrogen-bond acceptors (Lipinski definition) is 3. The zero-order valence-electron chi connectivity index (χ0n) is 21.1. The van der Waals surface area contributed by atoms with Gasteiger partial charge in [-0.05, 0) is 67.5 Å². The number of hydrogen-bond donors (Lipinski definition) is 1. The van der Waals surface area contributed by atoms with E-state index in [2.05, 4.69) is 91.7 Å². The van der Waals surface area contributed by atoms with Crippen LogP contribution in [0.5, 0.6) is 0 Å². The predicted molar refractivity (Wildman–Crippen MR) is 144 cm³/mol. The predicted octanol–water partition coefficient (Wildman–Crippen LogP) is 7.53. The molecule has 4 nitrogen and oxygen atoms in total. The van der Waals surface area contributed by atoms with Crippen LogP contribution in [0.1, 0.15) is 77.8 Å². The molecule has 0 saturated carbocycles. The summed E-state index contributed by atoms with van der Waals surface area (Å²) in [5.74, 6) is 0.628. The fourth-order valence-corrected chi connectivity index (χ4v) is 5.79. The molecule has 182 valence electrons. The number of benzene rings is 3. The third-order valence-electron chi connectivity index (χ3n) is 7.48. The van der Waals surface area contributed by atoms with E-state index in [-0.39, 0.29) is 6.09 Å². The summed E-state index contributed by atoms with van der Waals surface area (Å²) < 4.78 is 5.43. The van der Waals surface area contributed by atoms with Crippen LogP contribution < -0.4 is 10.2 Å². The molecule has 3 aromatic carbocycles. The molecule has 3 aromatic rings. The van der Waals surface area contributed by atoms with E-state index in [0.717, 1.165) is 44.5 Å². The number of rotatable bonds is 6. The Morgan fingerprint density at radius 3 is 2.00 bits per heavy atom. The van der Waals surface area contributed by atoms with Gasteiger partial charge in [0.15, 0.2) is 0 Å². The fourth-order valence-electron chi connectivity index (χ4n) is 5.79. The first kappa shape index (κ1) is 23.5. The Morgan fingerprint density at radius 2 is 1.49 bits per heavy atom. The van der Waals surface area contributed by atoms with Gasteiger partial charge in [0.05, 0.1) is 6.61 Å². The number of anilines is 2. The minimum Gasteiger partial charge on any atom is -0.449 e. The summed E-state index contributed by atoms with van der Waals surface area (Å²) >= 11 is 0. The lowest BCUT2D eigenvalue weighted by Crippen LogP contribution is -2.37. The van der Waals surface area contributed by atoms with Crippen LogP contribution in [0.3, 0.4) is 0 Å². The van der Waals surface area contributed by atoms with Gasteiger partial charge in [-0.15, -0.1) is 0 Å². The van der Waals surface area contributed by atoms with Crippen molar-refractivity contribution in [2.24, 2.45) is 0 Å². The van der Waals surface area contributed by atoms with Gasteiger partial charge in [-0.2, -0.15) is 0 Å². The van der Waals surface area contributed by atoms with E-state index >= 15 is 0 Å². The molecule has 0 fully saturated rings. The highest BCUT2D eigenvalue weighted by Crippen LogP contribution is 2.49. The average Bonchev–Trinajstić information content (AvgIpc) is 2.84. The van der Waals surface area contributed by atoms with Crippen LogP contribution in [0.15, 0.2) is 60.7 Å². The number of aryl methyl sites for hydroxylation is 2. The summed E-state index contributed by atoms with van der Waals surface area (Å²) in [5.41, 5.74) is 10.1. The van der Waals surface area contributed by atoms with Crippen LogP contribution >= 0.6 is 0 Å². The minimum atomic E-state index is -0.367. The Kier molecular flexibility index (Phi) is 6.81. The Morgan fingerprint density at radius 1 is 0.914 bits per heavy atom. The van der Waals surface area contributed by atoms with Crippen LogP contribution in [0.4, 0.5) is 16.2 Å². The van der Waals surface area contributed by atoms with E-state index in [1.165, 1.54) is 39.1 Å². The zero-order chi connectivity index (χ0) is 24.4. The van der Waals surface area contributed by atoms with Crippen molar-refractivity contribution < 1.29 is 9.53 Å². The fraction of sp³-hybridized carbons (Fsp3) is 0.387. The molecule has 1 N–H and O–H groups in total. The highest BCUT2D eigenvalue weighted by molar-refractivity contribution is 5.86. The Hall–Kier alpha value is -3.27. The smallest absolute Gasteiger partial charge is 0.411 e. The molecule has 0 saturated heterocycles. The minimum absolute atomic E-state index is 0.314. The molecule has 2 unspecified atom stereocenters. The third-order valence-corrected chi connectivity index (χ3v) is 7.48. The second kappa shape index (κ2) is 10.2. The number of ether oxygens (including phenoxy) is 1. The van der Waals surface area contributed by atoms with Crippen molar-refractivity contribution in [2.45, 2.75) is 58.3 Å². The summed E-state index contributed by atoms with van der Waals surface area (Å²) in [6.45, 7) is 8.98. The highest BCUT2D eigenvalue weighted by atomic mass is 16.5. The van der Waals surface area contributed by atoms with Gasteiger partial charge in [-0.1, -0.05) is 73.0 Å². The number of unbranched alkanes of at least 4 members (excludes halogenated alkanes) is 1. The molecular weight excluding hydrogens is 432 g/mol. The Balaban J connectivity index is 1.60. The molecule has 0 aliphatic carbocycles. The maximum atomic E-state index is 12.6. The lowest BCUT2D eigenvalue weighted by Gasteiger charge is -2.43. The molecule has 1 amide bonds. The molecule has 0 aromatic heterocycles. The van der Waals surface area contributed by atoms with Gasteiger partial charge in [-0.25, -0.2) is 4.79 Å². The van der Waals surface area contributed by atoms with E-state index in [1.54, 1.807) is 0 Å². The van der Waals surface area contributed by atoms with Crippen LogP contribution in [-0.2, 0) is 4.74 Å². The summed E-state index contributed by atoms with van der Waals surface area (Å²) in [5, 5.41) is 3.05. The van der Waals surface area contributed by atoms with E-state index in [1.807, 2.05) is 0 Å². The normalized spacial score (nSPS) is 18.7. The van der Waals surface area contributed by atoms with Crippen molar-refractivity contribution in [1.82, 2.24) is 0 Å². The number of carbonyl (C=O) groups is 1. The summed E-state index contributed by atoms with van der Waals surface area (Å²) in [4.78, 5) is 15.1. The topological polar surface area (TPSA) is 41.6 Å². The van der Waals surface area contributed by atoms with Crippen LogP contribution in [-0.4, -0.2) is 25.8 Å². The highest BCUT2D eigenvalue weighted by Gasteiger charge is 2.35. The van der Waals surface area contributed by atoms with Crippen molar-refractivity contribution >= 4 is 17.5 Å². The van der Waals surface area contributed by atoms with E-state index in [9.17, 15) is 4.79 Å². The summed E-state index contributed by atoms with van der Waals surface area (Å²) in [6, 6.07) is 22.1. The van der Waals surface area contributed by atoms with Gasteiger partial charge in [0.1, 0.15) is 0 Å². The van der Waals surface area contributed by atoms with Crippen LogP contribution in [0.25, 0.3) is 0 Å². The van der Waals surface area contributed by atoms with Gasteiger partial charge in [0.25, 0.3) is 0 Å². The molecular formula is C31H36N2O2. The van der Waals surface area contributed by atoms with Gasteiger partial charge in [0.2, 0.25) is 0 Å². The number of nitrogens with one attached hydrogen (secondary N) is 1. The maximum absolute atomic E-state index is 12.6. The van der Waals surface area contributed by atoms with Crippen LogP contribution in [0.2, 0.25) is 0 Å². The molecule has 2 aliphatic rings. The second-order valence-electron chi connectivity index (χ2n) is 10.1. The first-order valence-electron chi connectivity index (χ1n) is 13.0. The standard InChI is InChI=1S/C31H36N2O2/c1-4-5-16-35-31(34)32-25-19-28-26(23-10-6-8-21(2)17-23)12-14-33-15-13-27(29(20-25)30(28)33)24-11-7-9-22(3)18-24/h6-11,17-20,26-27H,4-5,12-16H2,1-3H3,(H,32,34). The van der Waals surface area contributed by atoms with Gasteiger partial charge < -0.3 is 9.64 Å². The monoisotopic (exact) mass is 468 g/mol. The molecule has 2 atom stereocenters. The van der Waals surface area contributed by atoms with Crippen molar-refractivity contribution in [3.05, 3.63) is 94.0 Å². The van der Waals surface area contributed by atoms with Gasteiger partial charge in [-0.3, -0.25) is 5.32 Å². The lowest BCUT2D eigenvalue weighted by atomic mass is 9.76. The van der Waals surface area contributed by atoms with Crippen LogP contribution in [0, 0.1) is 13.8 Å². The maximum Gasteiger partial charge on any atom is 0.411 e. The van der Waals surface area contributed by atoms with Crippen molar-refractivity contribution in [1.29, 1.82) is 0 Å². The molecule has 0 bridgehead atoms. The SMILES string of the molecule is CCCCOC(=O)Nc1cc2c3c(c1)C(c1cccc(C)c1)CCN3CCC2c1cccc(C)c1. The average molecular weight is 469 g/mol. The molecule has 2 heterocycles. The Labute approximate surface area is 209 Å². The lowest BCUT2D eigenvalue weighted by molar-refractivity contribution is 0.160. The molecule has 0 radical (unpaired) electrons. The second-order valence-corrected chi connectivity index (χ2v) is 10.1. The zero-order valence-corrected chi connectivity index (χ0v) is 21.1. The quantitative estimate of drug-likeness (QED) is 0.380. The van der Waals surface area contributed by atoms with Crippen molar-refractivity contribution in [3.8, 4) is 0 Å². The first-order valence-corrected chi connectivity index (χ1v) is 13.0. The number of nitrogens with zero attached hydrogens (tertiary/aromatic N) is 1. The Bertz CT molecular complexity index is 1140. The van der Waals surface area contributed by atoms with E-state index < -0.39 is 0 Å². The molecule has 0 spiro atoms. The number of carbonyl (C=O) groups excluding carboxylic acids is 1. The summed E-state index contributed by atoms with van der Waals surface area (Å²) in [7, 11) is 0. The van der Waals surface area contributed by atoms with E-state index in [4.69, 9.17) is 4.74 Å². The van der Waals surface area contributed by atoms with Crippen molar-refractivity contribution in [2.75, 3.05) is 29.9 Å².